The summed E-state index contributed by atoms with van der Waals surface area (Å²) in [5.74, 6) is -0.0766. The molecule has 2 aliphatic rings. The fraction of sp³-hybridized carbons (Fsp3) is 0.650. The Labute approximate surface area is 145 Å². The Hall–Kier alpha value is -1.39. The minimum atomic E-state index is -1.20. The van der Waals surface area contributed by atoms with Crippen LogP contribution in [0.4, 0.5) is 0 Å². The number of amides is 1. The van der Waals surface area contributed by atoms with E-state index >= 15 is 0 Å². The normalized spacial score (nSPS) is 25.4. The summed E-state index contributed by atoms with van der Waals surface area (Å²) in [6, 6.07) is 10.9. The fourth-order valence-electron chi connectivity index (χ4n) is 4.00. The summed E-state index contributed by atoms with van der Waals surface area (Å²) in [5.41, 5.74) is 0.105. The molecular weight excluding hydrogens is 300 g/mol. The Morgan fingerprint density at radius 1 is 1.17 bits per heavy atom. The largest absolute Gasteiger partial charge is 0.379 e. The molecule has 1 atom stereocenters. The average molecular weight is 330 g/mol. The van der Waals surface area contributed by atoms with E-state index in [1.165, 1.54) is 31.2 Å². The number of carbonyl (C=O) groups is 1. The van der Waals surface area contributed by atoms with Gasteiger partial charge in [0.1, 0.15) is 0 Å². The van der Waals surface area contributed by atoms with Crippen LogP contribution in [0.5, 0.6) is 0 Å². The third kappa shape index (κ3) is 4.37. The molecule has 1 unspecified atom stereocenters. The highest BCUT2D eigenvalue weighted by atomic mass is 16.3. The van der Waals surface area contributed by atoms with Gasteiger partial charge in [0.05, 0.1) is 0 Å². The maximum absolute atomic E-state index is 12.7. The lowest BCUT2D eigenvalue weighted by Crippen LogP contribution is -2.59. The molecule has 132 valence electrons. The van der Waals surface area contributed by atoms with Gasteiger partial charge in [-0.05, 0) is 44.1 Å². The van der Waals surface area contributed by atoms with Gasteiger partial charge < -0.3 is 15.3 Å². The molecule has 1 aromatic rings. The van der Waals surface area contributed by atoms with Gasteiger partial charge in [0.15, 0.2) is 5.60 Å². The van der Waals surface area contributed by atoms with Crippen molar-refractivity contribution in [2.75, 3.05) is 19.6 Å². The van der Waals surface area contributed by atoms with Crippen molar-refractivity contribution in [3.8, 4) is 0 Å². The summed E-state index contributed by atoms with van der Waals surface area (Å²) in [6.07, 6.45) is 8.26. The molecule has 2 N–H and O–H groups in total. The zero-order valence-corrected chi connectivity index (χ0v) is 14.5. The van der Waals surface area contributed by atoms with Crippen molar-refractivity contribution in [1.29, 1.82) is 0 Å². The Morgan fingerprint density at radius 3 is 2.67 bits per heavy atom. The number of rotatable bonds is 7. The Balaban J connectivity index is 1.48. The molecule has 0 radical (unpaired) electrons. The van der Waals surface area contributed by atoms with E-state index in [9.17, 15) is 9.90 Å². The van der Waals surface area contributed by atoms with Crippen LogP contribution in [0.25, 0.3) is 0 Å². The van der Waals surface area contributed by atoms with Crippen molar-refractivity contribution in [2.45, 2.75) is 63.0 Å². The van der Waals surface area contributed by atoms with Gasteiger partial charge in [0.2, 0.25) is 0 Å². The maximum Gasteiger partial charge on any atom is 0.255 e. The van der Waals surface area contributed by atoms with Crippen LogP contribution >= 0.6 is 0 Å². The van der Waals surface area contributed by atoms with E-state index in [1.807, 2.05) is 11.0 Å². The van der Waals surface area contributed by atoms with Gasteiger partial charge in [-0.25, -0.2) is 0 Å². The second-order valence-corrected chi connectivity index (χ2v) is 7.38. The van der Waals surface area contributed by atoms with Crippen molar-refractivity contribution in [3.63, 3.8) is 0 Å². The summed E-state index contributed by atoms with van der Waals surface area (Å²) in [6.45, 7) is 1.92. The van der Waals surface area contributed by atoms with Crippen LogP contribution < -0.4 is 5.32 Å². The van der Waals surface area contributed by atoms with E-state index in [0.717, 1.165) is 32.4 Å². The second kappa shape index (κ2) is 8.13. The zero-order chi connectivity index (χ0) is 16.8. The molecule has 1 aliphatic heterocycles. The molecule has 4 nitrogen and oxygen atoms in total. The van der Waals surface area contributed by atoms with Crippen LogP contribution in [-0.4, -0.2) is 47.2 Å². The van der Waals surface area contributed by atoms with E-state index in [-0.39, 0.29) is 5.91 Å². The molecule has 3 rings (SSSR count). The predicted octanol–water partition coefficient (Wildman–Crippen LogP) is 2.50. The number of hydrogen-bond acceptors (Lipinski definition) is 3. The third-order valence-corrected chi connectivity index (χ3v) is 5.48. The third-order valence-electron chi connectivity index (χ3n) is 5.48. The molecule has 1 saturated heterocycles. The first-order valence-electron chi connectivity index (χ1n) is 9.46. The van der Waals surface area contributed by atoms with E-state index in [2.05, 4.69) is 29.6 Å². The van der Waals surface area contributed by atoms with Gasteiger partial charge in [-0.3, -0.25) is 4.79 Å². The summed E-state index contributed by atoms with van der Waals surface area (Å²) in [7, 11) is 0. The first-order valence-corrected chi connectivity index (χ1v) is 9.46. The van der Waals surface area contributed by atoms with Gasteiger partial charge in [0, 0.05) is 25.7 Å². The molecule has 1 aliphatic carbocycles. The molecule has 2 fully saturated rings. The molecular formula is C20H30N2O2. The molecule has 4 heteroatoms. The van der Waals surface area contributed by atoms with Crippen molar-refractivity contribution in [1.82, 2.24) is 10.2 Å². The quantitative estimate of drug-likeness (QED) is 0.808. The Bertz CT molecular complexity index is 528. The van der Waals surface area contributed by atoms with Crippen LogP contribution in [0, 0.1) is 0 Å². The monoisotopic (exact) mass is 330 g/mol. The van der Waals surface area contributed by atoms with Gasteiger partial charge in [-0.2, -0.15) is 0 Å². The van der Waals surface area contributed by atoms with Crippen molar-refractivity contribution in [2.24, 2.45) is 0 Å². The standard InChI is InChI=1S/C20H30N2O2/c23-19-20(24,16-21-18-11-4-5-12-18)13-7-15-22(19)14-6-10-17-8-2-1-3-9-17/h1-3,8-9,18,21,24H,4-7,10-16H2. The number of aliphatic hydroxyl groups is 1. The lowest BCUT2D eigenvalue weighted by molar-refractivity contribution is -0.156. The highest BCUT2D eigenvalue weighted by Crippen LogP contribution is 2.24. The van der Waals surface area contributed by atoms with Crippen molar-refractivity contribution in [3.05, 3.63) is 35.9 Å². The number of nitrogens with zero attached hydrogens (tertiary/aromatic N) is 1. The molecule has 1 aromatic carbocycles. The Kier molecular flexibility index (Phi) is 5.90. The van der Waals surface area contributed by atoms with Crippen molar-refractivity contribution >= 4 is 5.91 Å². The first-order chi connectivity index (χ1) is 11.7. The van der Waals surface area contributed by atoms with Crippen LogP contribution in [0.3, 0.4) is 0 Å². The number of likely N-dealkylation sites (tertiary alicyclic amines) is 1. The number of carbonyl (C=O) groups excluding carboxylic acids is 1. The van der Waals surface area contributed by atoms with Crippen molar-refractivity contribution < 1.29 is 9.90 Å². The summed E-state index contributed by atoms with van der Waals surface area (Å²) < 4.78 is 0. The second-order valence-electron chi connectivity index (χ2n) is 7.38. The van der Waals surface area contributed by atoms with Gasteiger partial charge in [-0.15, -0.1) is 0 Å². The summed E-state index contributed by atoms with van der Waals surface area (Å²) in [5, 5.41) is 14.3. The maximum atomic E-state index is 12.7. The number of aryl methyl sites for hydroxylation is 1. The van der Waals surface area contributed by atoms with Crippen LogP contribution in [-0.2, 0) is 11.2 Å². The molecule has 1 heterocycles. The average Bonchev–Trinajstić information content (AvgIpc) is 3.12. The SMILES string of the molecule is O=C1N(CCCc2ccccc2)CCCC1(O)CNC1CCCC1. The summed E-state index contributed by atoms with van der Waals surface area (Å²) in [4.78, 5) is 14.6. The topological polar surface area (TPSA) is 52.6 Å². The van der Waals surface area contributed by atoms with Crippen LogP contribution in [0.1, 0.15) is 50.5 Å². The molecule has 0 aromatic heterocycles. The highest BCUT2D eigenvalue weighted by Gasteiger charge is 2.42. The number of hydrogen-bond donors (Lipinski definition) is 2. The fourth-order valence-corrected chi connectivity index (χ4v) is 4.00. The Morgan fingerprint density at radius 2 is 1.92 bits per heavy atom. The number of nitrogens with one attached hydrogen (secondary N) is 1. The molecule has 1 amide bonds. The minimum Gasteiger partial charge on any atom is -0.379 e. The van der Waals surface area contributed by atoms with Gasteiger partial charge in [-0.1, -0.05) is 43.2 Å². The lowest BCUT2D eigenvalue weighted by Gasteiger charge is -2.39. The van der Waals surface area contributed by atoms with Gasteiger partial charge in [0.25, 0.3) is 5.91 Å². The zero-order valence-electron chi connectivity index (χ0n) is 14.5. The molecule has 24 heavy (non-hydrogen) atoms. The molecule has 0 spiro atoms. The first kappa shape index (κ1) is 17.4. The smallest absolute Gasteiger partial charge is 0.255 e. The number of benzene rings is 1. The van der Waals surface area contributed by atoms with Crippen LogP contribution in [0.2, 0.25) is 0 Å². The number of piperidine rings is 1. The predicted molar refractivity (Wildman–Crippen MR) is 95.8 cm³/mol. The van der Waals surface area contributed by atoms with Crippen LogP contribution in [0.15, 0.2) is 30.3 Å². The van der Waals surface area contributed by atoms with Gasteiger partial charge >= 0.3 is 0 Å². The minimum absolute atomic E-state index is 0.0766. The molecule has 1 saturated carbocycles. The molecule has 0 bridgehead atoms. The summed E-state index contributed by atoms with van der Waals surface area (Å²) >= 11 is 0. The van der Waals surface area contributed by atoms with E-state index < -0.39 is 5.60 Å². The van der Waals surface area contributed by atoms with E-state index in [1.54, 1.807) is 0 Å². The van der Waals surface area contributed by atoms with E-state index in [0.29, 0.717) is 19.0 Å². The van der Waals surface area contributed by atoms with E-state index in [4.69, 9.17) is 0 Å². The highest BCUT2D eigenvalue weighted by molar-refractivity contribution is 5.86. The lowest BCUT2D eigenvalue weighted by atomic mass is 9.91.